The predicted molar refractivity (Wildman–Crippen MR) is 70.1 cm³/mol. The fourth-order valence-corrected chi connectivity index (χ4v) is 2.86. The molecular formula is C12H13N3O3S. The van der Waals surface area contributed by atoms with E-state index in [9.17, 15) is 13.2 Å². The van der Waals surface area contributed by atoms with E-state index in [1.54, 1.807) is 18.2 Å². The zero-order chi connectivity index (χ0) is 13.9. The van der Waals surface area contributed by atoms with Crippen LogP contribution in [0.25, 0.3) is 0 Å². The molecule has 1 aromatic heterocycles. The average Bonchev–Trinajstić information content (AvgIpc) is 2.38. The van der Waals surface area contributed by atoms with Gasteiger partial charge in [0.15, 0.2) is 9.84 Å². The van der Waals surface area contributed by atoms with Crippen LogP contribution in [-0.2, 0) is 22.1 Å². The molecule has 0 aliphatic rings. The summed E-state index contributed by atoms with van der Waals surface area (Å²) >= 11 is 0. The third kappa shape index (κ3) is 3.27. The van der Waals surface area contributed by atoms with Crippen LogP contribution in [0, 0.1) is 0 Å². The van der Waals surface area contributed by atoms with Gasteiger partial charge in [-0.1, -0.05) is 18.2 Å². The lowest BCUT2D eigenvalue weighted by atomic mass is 10.4. The Kier molecular flexibility index (Phi) is 3.77. The number of hydrogen-bond donors (Lipinski definition) is 2. The summed E-state index contributed by atoms with van der Waals surface area (Å²) in [7, 11) is -3.53. The number of benzene rings is 1. The lowest BCUT2D eigenvalue weighted by Crippen LogP contribution is -2.17. The van der Waals surface area contributed by atoms with Gasteiger partial charge >= 0.3 is 0 Å². The van der Waals surface area contributed by atoms with E-state index < -0.39 is 15.4 Å². The maximum Gasteiger partial charge on any atom is 0.251 e. The molecule has 1 heterocycles. The fourth-order valence-electron chi connectivity index (χ4n) is 1.63. The van der Waals surface area contributed by atoms with Crippen LogP contribution < -0.4 is 11.3 Å². The van der Waals surface area contributed by atoms with Gasteiger partial charge in [-0.3, -0.25) is 4.79 Å². The molecule has 0 saturated heterocycles. The largest absolute Gasteiger partial charge is 0.325 e. The van der Waals surface area contributed by atoms with Gasteiger partial charge < -0.3 is 10.7 Å². The van der Waals surface area contributed by atoms with Crippen molar-refractivity contribution < 1.29 is 8.42 Å². The van der Waals surface area contributed by atoms with E-state index in [-0.39, 0.29) is 23.0 Å². The van der Waals surface area contributed by atoms with Crippen molar-refractivity contribution in [1.82, 2.24) is 9.97 Å². The number of sulfone groups is 1. The first kappa shape index (κ1) is 13.4. The molecule has 0 bridgehead atoms. The molecule has 7 heteroatoms. The van der Waals surface area contributed by atoms with E-state index in [0.29, 0.717) is 5.69 Å². The van der Waals surface area contributed by atoms with Gasteiger partial charge in [0.25, 0.3) is 5.56 Å². The SMILES string of the molecule is NCc1cc(=O)[nH]c(CS(=O)(=O)c2ccccc2)n1. The molecule has 0 atom stereocenters. The van der Waals surface area contributed by atoms with Gasteiger partial charge in [-0.2, -0.15) is 0 Å². The first-order valence-corrected chi connectivity index (χ1v) is 7.23. The van der Waals surface area contributed by atoms with Crippen molar-refractivity contribution in [3.8, 4) is 0 Å². The third-order valence-electron chi connectivity index (χ3n) is 2.48. The molecular weight excluding hydrogens is 266 g/mol. The van der Waals surface area contributed by atoms with E-state index in [1.807, 2.05) is 0 Å². The maximum absolute atomic E-state index is 12.1. The van der Waals surface area contributed by atoms with Crippen molar-refractivity contribution in [1.29, 1.82) is 0 Å². The van der Waals surface area contributed by atoms with Crippen LogP contribution >= 0.6 is 0 Å². The van der Waals surface area contributed by atoms with Crippen molar-refractivity contribution in [2.24, 2.45) is 5.73 Å². The van der Waals surface area contributed by atoms with Crippen molar-refractivity contribution in [2.45, 2.75) is 17.2 Å². The lowest BCUT2D eigenvalue weighted by Gasteiger charge is -2.05. The minimum Gasteiger partial charge on any atom is -0.325 e. The second-order valence-electron chi connectivity index (χ2n) is 3.96. The van der Waals surface area contributed by atoms with E-state index in [4.69, 9.17) is 5.73 Å². The first-order valence-electron chi connectivity index (χ1n) is 5.58. The number of nitrogens with two attached hydrogens (primary N) is 1. The van der Waals surface area contributed by atoms with Crippen LogP contribution in [0.1, 0.15) is 11.5 Å². The van der Waals surface area contributed by atoms with Gasteiger partial charge in [0.05, 0.1) is 10.6 Å². The minimum absolute atomic E-state index is 0.0856. The van der Waals surface area contributed by atoms with Crippen LogP contribution in [-0.4, -0.2) is 18.4 Å². The topological polar surface area (TPSA) is 106 Å². The molecule has 3 N–H and O–H groups in total. The molecule has 2 rings (SSSR count). The summed E-state index contributed by atoms with van der Waals surface area (Å²) in [6.07, 6.45) is 0. The fraction of sp³-hybridized carbons (Fsp3) is 0.167. The Hall–Kier alpha value is -1.99. The molecule has 0 aliphatic heterocycles. The Labute approximate surface area is 110 Å². The first-order chi connectivity index (χ1) is 9.01. The Morgan fingerprint density at radius 1 is 1.21 bits per heavy atom. The van der Waals surface area contributed by atoms with Crippen LogP contribution in [0.2, 0.25) is 0 Å². The van der Waals surface area contributed by atoms with Crippen molar-refractivity contribution in [2.75, 3.05) is 0 Å². The van der Waals surface area contributed by atoms with Gasteiger partial charge in [-0.25, -0.2) is 13.4 Å². The predicted octanol–water partition coefficient (Wildman–Crippen LogP) is 0.202. The quantitative estimate of drug-likeness (QED) is 0.831. The summed E-state index contributed by atoms with van der Waals surface area (Å²) in [5, 5.41) is 0. The zero-order valence-corrected chi connectivity index (χ0v) is 10.9. The summed E-state index contributed by atoms with van der Waals surface area (Å²) in [5.41, 5.74) is 5.35. The Bertz CT molecular complexity index is 723. The van der Waals surface area contributed by atoms with E-state index in [1.165, 1.54) is 18.2 Å². The minimum atomic E-state index is -3.53. The Morgan fingerprint density at radius 3 is 2.53 bits per heavy atom. The van der Waals surface area contributed by atoms with Gasteiger partial charge in [0.2, 0.25) is 0 Å². The molecule has 0 aliphatic carbocycles. The Balaban J connectivity index is 2.36. The van der Waals surface area contributed by atoms with Crippen LogP contribution in [0.3, 0.4) is 0 Å². The van der Waals surface area contributed by atoms with E-state index >= 15 is 0 Å². The van der Waals surface area contributed by atoms with Crippen LogP contribution in [0.4, 0.5) is 0 Å². The van der Waals surface area contributed by atoms with Gasteiger partial charge in [0, 0.05) is 12.6 Å². The van der Waals surface area contributed by atoms with Gasteiger partial charge in [-0.05, 0) is 12.1 Å². The third-order valence-corrected chi connectivity index (χ3v) is 4.13. The lowest BCUT2D eigenvalue weighted by molar-refractivity contribution is 0.593. The molecule has 6 nitrogen and oxygen atoms in total. The molecule has 100 valence electrons. The molecule has 19 heavy (non-hydrogen) atoms. The molecule has 0 unspecified atom stereocenters. The smallest absolute Gasteiger partial charge is 0.251 e. The van der Waals surface area contributed by atoms with Crippen molar-refractivity contribution in [3.63, 3.8) is 0 Å². The average molecular weight is 279 g/mol. The normalized spacial score (nSPS) is 11.4. The number of rotatable bonds is 4. The highest BCUT2D eigenvalue weighted by Crippen LogP contribution is 2.13. The highest BCUT2D eigenvalue weighted by atomic mass is 32.2. The Morgan fingerprint density at radius 2 is 1.89 bits per heavy atom. The van der Waals surface area contributed by atoms with Crippen LogP contribution in [0.5, 0.6) is 0 Å². The summed E-state index contributed by atoms with van der Waals surface area (Å²) in [4.78, 5) is 17.9. The molecule has 0 fully saturated rings. The number of nitrogens with zero attached hydrogens (tertiary/aromatic N) is 1. The van der Waals surface area contributed by atoms with Crippen molar-refractivity contribution >= 4 is 9.84 Å². The summed E-state index contributed by atoms with van der Waals surface area (Å²) in [5.74, 6) is -0.267. The summed E-state index contributed by atoms with van der Waals surface area (Å²) in [6.45, 7) is 0.0856. The number of H-pyrrole nitrogens is 1. The summed E-state index contributed by atoms with van der Waals surface area (Å²) in [6, 6.07) is 9.26. The molecule has 0 spiro atoms. The van der Waals surface area contributed by atoms with Gasteiger partial charge in [0.1, 0.15) is 11.6 Å². The molecule has 1 aromatic carbocycles. The number of nitrogens with one attached hydrogen (secondary N) is 1. The standard InChI is InChI=1S/C12H13N3O3S/c13-7-9-6-12(16)15-11(14-9)8-19(17,18)10-4-2-1-3-5-10/h1-6H,7-8,13H2,(H,14,15,16). The maximum atomic E-state index is 12.1. The number of aromatic nitrogens is 2. The summed E-state index contributed by atoms with van der Waals surface area (Å²) < 4.78 is 24.2. The molecule has 0 saturated carbocycles. The van der Waals surface area contributed by atoms with E-state index in [0.717, 1.165) is 0 Å². The highest BCUT2D eigenvalue weighted by molar-refractivity contribution is 7.90. The van der Waals surface area contributed by atoms with Gasteiger partial charge in [-0.15, -0.1) is 0 Å². The molecule has 0 radical (unpaired) electrons. The van der Waals surface area contributed by atoms with Crippen molar-refractivity contribution in [3.05, 3.63) is 58.3 Å². The number of hydrogen-bond acceptors (Lipinski definition) is 5. The number of aromatic amines is 1. The van der Waals surface area contributed by atoms with E-state index in [2.05, 4.69) is 9.97 Å². The molecule has 2 aromatic rings. The highest BCUT2D eigenvalue weighted by Gasteiger charge is 2.16. The zero-order valence-electron chi connectivity index (χ0n) is 10.0. The monoisotopic (exact) mass is 279 g/mol. The molecule has 0 amide bonds. The second kappa shape index (κ2) is 5.33. The second-order valence-corrected chi connectivity index (χ2v) is 5.95. The van der Waals surface area contributed by atoms with Crippen LogP contribution in [0.15, 0.2) is 46.1 Å².